The zero-order valence-corrected chi connectivity index (χ0v) is 14.0. The fraction of sp³-hybridized carbons (Fsp3) is 0.250. The van der Waals surface area contributed by atoms with E-state index < -0.39 is 0 Å². The first-order valence-electron chi connectivity index (χ1n) is 8.62. The lowest BCUT2D eigenvalue weighted by Gasteiger charge is -2.17. The van der Waals surface area contributed by atoms with Gasteiger partial charge >= 0.3 is 0 Å². The first-order chi connectivity index (χ1) is 12.3. The summed E-state index contributed by atoms with van der Waals surface area (Å²) in [5, 5.41) is 4.03. The van der Waals surface area contributed by atoms with Crippen LogP contribution in [0.15, 0.2) is 54.9 Å². The van der Waals surface area contributed by atoms with Crippen molar-refractivity contribution in [3.8, 4) is 0 Å². The lowest BCUT2D eigenvalue weighted by atomic mass is 10.1. The lowest BCUT2D eigenvalue weighted by molar-refractivity contribution is 0.0946. The Hall–Kier alpha value is -2.95. The number of carbonyl (C=O) groups is 1. The van der Waals surface area contributed by atoms with Gasteiger partial charge in [-0.25, -0.2) is 0 Å². The zero-order chi connectivity index (χ0) is 17.1. The smallest absolute Gasteiger partial charge is 0.270 e. The number of benzene rings is 1. The molecule has 25 heavy (non-hydrogen) atoms. The Morgan fingerprint density at radius 3 is 2.80 bits per heavy atom. The molecule has 0 radical (unpaired) electrons. The summed E-state index contributed by atoms with van der Waals surface area (Å²) in [5.41, 5.74) is 3.54. The summed E-state index contributed by atoms with van der Waals surface area (Å²) in [5.74, 6) is -0.146. The highest BCUT2D eigenvalue weighted by Gasteiger charge is 2.15. The van der Waals surface area contributed by atoms with Crippen LogP contribution in [0.5, 0.6) is 0 Å². The number of anilines is 1. The van der Waals surface area contributed by atoms with Gasteiger partial charge in [0, 0.05) is 43.1 Å². The van der Waals surface area contributed by atoms with Crippen LogP contribution < -0.4 is 10.2 Å². The third-order valence-electron chi connectivity index (χ3n) is 4.57. The minimum atomic E-state index is -0.146. The van der Waals surface area contributed by atoms with Crippen LogP contribution in [-0.2, 0) is 6.54 Å². The van der Waals surface area contributed by atoms with Crippen molar-refractivity contribution >= 4 is 22.5 Å². The van der Waals surface area contributed by atoms with Crippen LogP contribution in [0.1, 0.15) is 28.9 Å². The number of nitrogens with one attached hydrogen (secondary N) is 1. The van der Waals surface area contributed by atoms with Crippen LogP contribution in [0.25, 0.3) is 10.9 Å². The van der Waals surface area contributed by atoms with E-state index in [-0.39, 0.29) is 5.91 Å². The number of pyridine rings is 2. The predicted octanol–water partition coefficient (Wildman–Crippen LogP) is 3.16. The molecule has 4 rings (SSSR count). The molecule has 0 saturated carbocycles. The molecule has 1 amide bonds. The fourth-order valence-electron chi connectivity index (χ4n) is 3.22. The molecule has 5 nitrogen and oxygen atoms in total. The SMILES string of the molecule is O=C(NCc1ccc2ncccc2c1)c1cc(N2CCCC2)ccn1. The number of rotatable bonds is 4. The highest BCUT2D eigenvalue weighted by molar-refractivity contribution is 5.93. The molecule has 1 fully saturated rings. The fourth-order valence-corrected chi connectivity index (χ4v) is 3.22. The van der Waals surface area contributed by atoms with Crippen molar-refractivity contribution in [3.63, 3.8) is 0 Å². The second kappa shape index (κ2) is 6.89. The van der Waals surface area contributed by atoms with Gasteiger partial charge in [-0.2, -0.15) is 0 Å². The Labute approximate surface area is 146 Å². The highest BCUT2D eigenvalue weighted by Crippen LogP contribution is 2.20. The van der Waals surface area contributed by atoms with Gasteiger partial charge in [-0.1, -0.05) is 12.1 Å². The van der Waals surface area contributed by atoms with Gasteiger partial charge in [-0.3, -0.25) is 14.8 Å². The molecule has 1 saturated heterocycles. The average molecular weight is 332 g/mol. The van der Waals surface area contributed by atoms with E-state index in [4.69, 9.17) is 0 Å². The molecule has 3 heterocycles. The number of carbonyl (C=O) groups excluding carboxylic acids is 1. The topological polar surface area (TPSA) is 58.1 Å². The summed E-state index contributed by atoms with van der Waals surface area (Å²) in [6.07, 6.45) is 5.91. The Morgan fingerprint density at radius 1 is 1.04 bits per heavy atom. The van der Waals surface area contributed by atoms with Crippen LogP contribution >= 0.6 is 0 Å². The monoisotopic (exact) mass is 332 g/mol. The summed E-state index contributed by atoms with van der Waals surface area (Å²) in [7, 11) is 0. The number of hydrogen-bond donors (Lipinski definition) is 1. The summed E-state index contributed by atoms with van der Waals surface area (Å²) in [6, 6.07) is 13.8. The van der Waals surface area contributed by atoms with Crippen LogP contribution in [-0.4, -0.2) is 29.0 Å². The molecule has 0 bridgehead atoms. The first-order valence-corrected chi connectivity index (χ1v) is 8.62. The third-order valence-corrected chi connectivity index (χ3v) is 4.57. The van der Waals surface area contributed by atoms with Gasteiger partial charge in [0.25, 0.3) is 5.91 Å². The number of nitrogens with zero attached hydrogens (tertiary/aromatic N) is 3. The molecule has 2 aromatic heterocycles. The summed E-state index contributed by atoms with van der Waals surface area (Å²) in [4.78, 5) is 23.3. The molecule has 1 aliphatic heterocycles. The van der Waals surface area contributed by atoms with E-state index in [9.17, 15) is 4.79 Å². The maximum Gasteiger partial charge on any atom is 0.270 e. The van der Waals surface area contributed by atoms with Gasteiger partial charge in [0.1, 0.15) is 5.69 Å². The van der Waals surface area contributed by atoms with Gasteiger partial charge in [0.2, 0.25) is 0 Å². The molecule has 126 valence electrons. The molecule has 0 spiro atoms. The Bertz CT molecular complexity index is 903. The molecule has 0 unspecified atom stereocenters. The molecule has 5 heteroatoms. The van der Waals surface area contributed by atoms with E-state index in [1.807, 2.05) is 36.4 Å². The average Bonchev–Trinajstić information content (AvgIpc) is 3.21. The molecule has 1 N–H and O–H groups in total. The maximum absolute atomic E-state index is 12.4. The Kier molecular flexibility index (Phi) is 4.29. The van der Waals surface area contributed by atoms with Crippen LogP contribution in [0, 0.1) is 0 Å². The second-order valence-corrected chi connectivity index (χ2v) is 6.31. The molecule has 1 aromatic carbocycles. The van der Waals surface area contributed by atoms with Crippen molar-refractivity contribution in [3.05, 3.63) is 66.1 Å². The van der Waals surface area contributed by atoms with Crippen molar-refractivity contribution in [1.29, 1.82) is 0 Å². The molecular formula is C20H20N4O. The number of hydrogen-bond acceptors (Lipinski definition) is 4. The van der Waals surface area contributed by atoms with Crippen LogP contribution in [0.2, 0.25) is 0 Å². The van der Waals surface area contributed by atoms with E-state index in [2.05, 4.69) is 26.3 Å². The number of aromatic nitrogens is 2. The van der Waals surface area contributed by atoms with E-state index >= 15 is 0 Å². The molecule has 0 atom stereocenters. The van der Waals surface area contributed by atoms with Gasteiger partial charge in [-0.15, -0.1) is 0 Å². The van der Waals surface area contributed by atoms with Gasteiger partial charge in [0.15, 0.2) is 0 Å². The van der Waals surface area contributed by atoms with Crippen LogP contribution in [0.3, 0.4) is 0 Å². The number of amides is 1. The minimum absolute atomic E-state index is 0.146. The first kappa shape index (κ1) is 15.6. The van der Waals surface area contributed by atoms with E-state index in [1.54, 1.807) is 12.4 Å². The molecule has 1 aliphatic rings. The molecular weight excluding hydrogens is 312 g/mol. The standard InChI is InChI=1S/C20H20N4O/c25-20(19-13-17(7-9-22-19)24-10-1-2-11-24)23-14-15-5-6-18-16(12-15)4-3-8-21-18/h3-9,12-13H,1-2,10-11,14H2,(H,23,25). The van der Waals surface area contributed by atoms with E-state index in [1.165, 1.54) is 12.8 Å². The summed E-state index contributed by atoms with van der Waals surface area (Å²) >= 11 is 0. The van der Waals surface area contributed by atoms with Gasteiger partial charge in [-0.05, 0) is 48.7 Å². The van der Waals surface area contributed by atoms with E-state index in [0.717, 1.165) is 35.2 Å². The minimum Gasteiger partial charge on any atom is -0.371 e. The highest BCUT2D eigenvalue weighted by atomic mass is 16.1. The largest absolute Gasteiger partial charge is 0.371 e. The van der Waals surface area contributed by atoms with Crippen molar-refractivity contribution in [2.45, 2.75) is 19.4 Å². The number of fused-ring (bicyclic) bond motifs is 1. The Balaban J connectivity index is 1.45. The van der Waals surface area contributed by atoms with Gasteiger partial charge < -0.3 is 10.2 Å². The second-order valence-electron chi connectivity index (χ2n) is 6.31. The van der Waals surface area contributed by atoms with Crippen molar-refractivity contribution < 1.29 is 4.79 Å². The summed E-state index contributed by atoms with van der Waals surface area (Å²) < 4.78 is 0. The van der Waals surface area contributed by atoms with Crippen molar-refractivity contribution in [2.24, 2.45) is 0 Å². The van der Waals surface area contributed by atoms with Crippen molar-refractivity contribution in [2.75, 3.05) is 18.0 Å². The zero-order valence-electron chi connectivity index (χ0n) is 14.0. The predicted molar refractivity (Wildman–Crippen MR) is 98.6 cm³/mol. The lowest BCUT2D eigenvalue weighted by Crippen LogP contribution is -2.25. The molecule has 0 aliphatic carbocycles. The quantitative estimate of drug-likeness (QED) is 0.797. The third kappa shape index (κ3) is 3.45. The van der Waals surface area contributed by atoms with Gasteiger partial charge in [0.05, 0.1) is 5.52 Å². The van der Waals surface area contributed by atoms with Crippen molar-refractivity contribution in [1.82, 2.24) is 15.3 Å². The Morgan fingerprint density at radius 2 is 1.92 bits per heavy atom. The molecule has 3 aromatic rings. The summed E-state index contributed by atoms with van der Waals surface area (Å²) in [6.45, 7) is 2.58. The van der Waals surface area contributed by atoms with Crippen LogP contribution in [0.4, 0.5) is 5.69 Å². The van der Waals surface area contributed by atoms with E-state index in [0.29, 0.717) is 12.2 Å². The normalized spacial score (nSPS) is 14.0. The maximum atomic E-state index is 12.4.